The van der Waals surface area contributed by atoms with Crippen LogP contribution in [0.1, 0.15) is 86.1 Å². The van der Waals surface area contributed by atoms with Gasteiger partial charge in [-0.3, -0.25) is 14.4 Å². The molecule has 2 rings (SSSR count). The van der Waals surface area contributed by atoms with E-state index in [-0.39, 0.29) is 22.7 Å². The van der Waals surface area contributed by atoms with Crippen molar-refractivity contribution in [2.45, 2.75) is 104 Å². The summed E-state index contributed by atoms with van der Waals surface area (Å²) in [6.45, 7) is 13.3. The van der Waals surface area contributed by atoms with Gasteiger partial charge in [0, 0.05) is 19.2 Å². The zero-order valence-corrected chi connectivity index (χ0v) is 28.8. The Balaban J connectivity index is 2.31. The Labute approximate surface area is 264 Å². The predicted molar refractivity (Wildman–Crippen MR) is 176 cm³/mol. The first-order valence-electron chi connectivity index (χ1n) is 15.5. The fourth-order valence-electron chi connectivity index (χ4n) is 5.05. The molecule has 0 bridgehead atoms. The Morgan fingerprint density at radius 3 is 1.82 bits per heavy atom. The molecule has 0 heterocycles. The molecular weight excluding hydrogens is 576 g/mol. The number of likely N-dealkylation sites (N-methyl/N-ethyl adjacent to an activating group) is 1. The molecule has 0 aliphatic carbocycles. The van der Waals surface area contributed by atoms with Gasteiger partial charge in [-0.15, -0.1) is 0 Å². The number of rotatable bonds is 14. The van der Waals surface area contributed by atoms with Gasteiger partial charge in [0.2, 0.25) is 11.8 Å². The minimum Gasteiger partial charge on any atom is -0.460 e. The number of hydrogen-bond acceptors (Lipinski definition) is 6. The average molecular weight is 629 g/mol. The summed E-state index contributed by atoms with van der Waals surface area (Å²) in [6, 6.07) is 14.0. The summed E-state index contributed by atoms with van der Waals surface area (Å²) < 4.78 is 29.3. The van der Waals surface area contributed by atoms with Crippen molar-refractivity contribution in [1.29, 1.82) is 0 Å². The molecule has 2 aromatic carbocycles. The zero-order chi connectivity index (χ0) is 33.3. The van der Waals surface area contributed by atoms with Crippen molar-refractivity contribution in [1.82, 2.24) is 10.6 Å². The van der Waals surface area contributed by atoms with E-state index in [2.05, 4.69) is 17.6 Å². The molecule has 0 radical (unpaired) electrons. The number of carbonyl (C=O) groups excluding carboxylic acids is 3. The number of benzene rings is 2. The number of carbonyl (C=O) groups is 3. The predicted octanol–water partition coefficient (Wildman–Crippen LogP) is 6.12. The van der Waals surface area contributed by atoms with Gasteiger partial charge < -0.3 is 15.4 Å². The summed E-state index contributed by atoms with van der Waals surface area (Å²) in [5.74, 6) is -1.76. The van der Waals surface area contributed by atoms with Gasteiger partial charge in [0.05, 0.1) is 10.8 Å². The second kappa shape index (κ2) is 15.7. The van der Waals surface area contributed by atoms with Crippen LogP contribution in [-0.2, 0) is 35.4 Å². The Hall–Kier alpha value is -3.20. The molecule has 3 atom stereocenters. The lowest BCUT2D eigenvalue weighted by Gasteiger charge is -2.32. The molecule has 9 heteroatoms. The van der Waals surface area contributed by atoms with Gasteiger partial charge in [0.25, 0.3) is 0 Å². The van der Waals surface area contributed by atoms with Crippen molar-refractivity contribution < 1.29 is 27.5 Å². The lowest BCUT2D eigenvalue weighted by atomic mass is 9.83. The standard InChI is InChI=1S/C35H52N2O6S/c1-10-11-12-28(33(40)43-35(5,6)7)23-27(31(38)37-30(32(39)36-8)34(2,3)4)18-15-24-13-16-25(17-14-24)26-19-21-29(22-20-26)44(9,41)42/h13-14,16-17,19-22,27-28,30H,10-12,15,18,23H2,1-9H3,(H,36,39)(H,37,38)/t27-,28+,30-/m1/s1. The van der Waals surface area contributed by atoms with Crippen molar-refractivity contribution in [3.63, 3.8) is 0 Å². The molecule has 2 amide bonds. The number of ether oxygens (including phenoxy) is 1. The van der Waals surface area contributed by atoms with Crippen LogP contribution in [0, 0.1) is 17.3 Å². The highest BCUT2D eigenvalue weighted by atomic mass is 32.2. The highest BCUT2D eigenvalue weighted by Crippen LogP contribution is 2.28. The fraction of sp³-hybridized carbons (Fsp3) is 0.571. The van der Waals surface area contributed by atoms with Crippen molar-refractivity contribution in [2.75, 3.05) is 13.3 Å². The van der Waals surface area contributed by atoms with Crippen LogP contribution in [0.2, 0.25) is 0 Å². The quantitative estimate of drug-likeness (QED) is 0.243. The molecule has 244 valence electrons. The maximum absolute atomic E-state index is 13.8. The number of hydrogen-bond donors (Lipinski definition) is 2. The van der Waals surface area contributed by atoms with Crippen molar-refractivity contribution in [3.8, 4) is 11.1 Å². The van der Waals surface area contributed by atoms with Crippen LogP contribution in [0.15, 0.2) is 53.4 Å². The monoisotopic (exact) mass is 628 g/mol. The van der Waals surface area contributed by atoms with E-state index < -0.39 is 38.7 Å². The van der Waals surface area contributed by atoms with Crippen LogP contribution in [0.3, 0.4) is 0 Å². The van der Waals surface area contributed by atoms with Crippen molar-refractivity contribution in [2.24, 2.45) is 17.3 Å². The van der Waals surface area contributed by atoms with Gasteiger partial charge in [0.1, 0.15) is 11.6 Å². The topological polar surface area (TPSA) is 119 Å². The summed E-state index contributed by atoms with van der Waals surface area (Å²) in [7, 11) is -1.71. The van der Waals surface area contributed by atoms with Crippen LogP contribution in [-0.4, -0.2) is 51.1 Å². The molecule has 0 aromatic heterocycles. The lowest BCUT2D eigenvalue weighted by Crippen LogP contribution is -2.54. The normalized spacial score (nSPS) is 14.3. The Kier molecular flexibility index (Phi) is 13.2. The van der Waals surface area contributed by atoms with Crippen molar-refractivity contribution in [3.05, 3.63) is 54.1 Å². The first kappa shape index (κ1) is 37.0. The lowest BCUT2D eigenvalue weighted by molar-refractivity contribution is -0.161. The van der Waals surface area contributed by atoms with E-state index in [1.54, 1.807) is 31.3 Å². The summed E-state index contributed by atoms with van der Waals surface area (Å²) in [4.78, 5) is 40.0. The number of amides is 2. The fourth-order valence-corrected chi connectivity index (χ4v) is 5.68. The second-order valence-electron chi connectivity index (χ2n) is 13.8. The van der Waals surface area contributed by atoms with E-state index in [1.807, 2.05) is 65.8 Å². The maximum Gasteiger partial charge on any atom is 0.309 e. The van der Waals surface area contributed by atoms with Gasteiger partial charge in [-0.05, 0) is 80.7 Å². The van der Waals surface area contributed by atoms with E-state index in [4.69, 9.17) is 4.74 Å². The largest absolute Gasteiger partial charge is 0.460 e. The first-order chi connectivity index (χ1) is 20.4. The van der Waals surface area contributed by atoms with Crippen LogP contribution in [0.5, 0.6) is 0 Å². The summed E-state index contributed by atoms with van der Waals surface area (Å²) in [5.41, 5.74) is 1.73. The van der Waals surface area contributed by atoms with Crippen LogP contribution in [0.25, 0.3) is 11.1 Å². The van der Waals surface area contributed by atoms with E-state index in [9.17, 15) is 22.8 Å². The van der Waals surface area contributed by atoms with Gasteiger partial charge in [-0.1, -0.05) is 76.9 Å². The number of sulfone groups is 1. The number of unbranched alkanes of at least 4 members (excludes halogenated alkanes) is 1. The first-order valence-corrected chi connectivity index (χ1v) is 17.4. The van der Waals surface area contributed by atoms with E-state index in [0.29, 0.717) is 25.7 Å². The maximum atomic E-state index is 13.8. The van der Waals surface area contributed by atoms with E-state index in [0.717, 1.165) is 29.5 Å². The third-order valence-electron chi connectivity index (χ3n) is 7.60. The molecule has 0 aliphatic rings. The van der Waals surface area contributed by atoms with Gasteiger partial charge >= 0.3 is 5.97 Å². The third-order valence-corrected chi connectivity index (χ3v) is 8.73. The molecule has 0 spiro atoms. The molecule has 0 unspecified atom stereocenters. The highest BCUT2D eigenvalue weighted by molar-refractivity contribution is 7.90. The van der Waals surface area contributed by atoms with Crippen LogP contribution < -0.4 is 10.6 Å². The van der Waals surface area contributed by atoms with E-state index >= 15 is 0 Å². The molecule has 0 aliphatic heterocycles. The third kappa shape index (κ3) is 11.7. The Morgan fingerprint density at radius 1 is 0.818 bits per heavy atom. The molecule has 0 saturated carbocycles. The Morgan fingerprint density at radius 2 is 1.36 bits per heavy atom. The minimum atomic E-state index is -3.27. The van der Waals surface area contributed by atoms with Crippen LogP contribution >= 0.6 is 0 Å². The number of aryl methyl sites for hydroxylation is 1. The molecule has 44 heavy (non-hydrogen) atoms. The zero-order valence-electron chi connectivity index (χ0n) is 28.0. The number of esters is 1. The summed E-state index contributed by atoms with van der Waals surface area (Å²) in [6.07, 6.45) is 4.99. The Bertz CT molecular complexity index is 1350. The molecule has 2 N–H and O–H groups in total. The molecule has 2 aromatic rings. The summed E-state index contributed by atoms with van der Waals surface area (Å²) >= 11 is 0. The molecule has 0 saturated heterocycles. The van der Waals surface area contributed by atoms with Crippen molar-refractivity contribution >= 4 is 27.6 Å². The molecule has 8 nitrogen and oxygen atoms in total. The summed E-state index contributed by atoms with van der Waals surface area (Å²) in [5, 5.41) is 5.65. The molecule has 0 fully saturated rings. The highest BCUT2D eigenvalue weighted by Gasteiger charge is 2.36. The SMILES string of the molecule is CCCC[C@@H](C[C@@H](CCc1ccc(-c2ccc(S(C)(=O)=O)cc2)cc1)C(=O)N[C@H](C(=O)NC)C(C)(C)C)C(=O)OC(C)(C)C. The van der Waals surface area contributed by atoms with Gasteiger partial charge in [0.15, 0.2) is 9.84 Å². The van der Waals surface area contributed by atoms with Gasteiger partial charge in [-0.2, -0.15) is 0 Å². The average Bonchev–Trinajstić information content (AvgIpc) is 2.93. The minimum absolute atomic E-state index is 0.249. The molecular formula is C35H52N2O6S. The second-order valence-corrected chi connectivity index (χ2v) is 15.8. The van der Waals surface area contributed by atoms with Gasteiger partial charge in [-0.25, -0.2) is 8.42 Å². The number of nitrogens with one attached hydrogen (secondary N) is 2. The smallest absolute Gasteiger partial charge is 0.309 e. The van der Waals surface area contributed by atoms with E-state index in [1.165, 1.54) is 6.26 Å². The van der Waals surface area contributed by atoms with Crippen LogP contribution in [0.4, 0.5) is 0 Å².